The van der Waals surface area contributed by atoms with Crippen LogP contribution < -0.4 is 5.73 Å². The van der Waals surface area contributed by atoms with Crippen LogP contribution in [-0.2, 0) is 5.41 Å². The number of nitrogens with two attached hydrogens (primary N) is 1. The van der Waals surface area contributed by atoms with Gasteiger partial charge in [-0.2, -0.15) is 9.61 Å². The highest BCUT2D eigenvalue weighted by molar-refractivity contribution is 7.16. The SMILES string of the molecule is NCC1(c2nn3c(C4CC4)nnc3s2)CCC1. The molecule has 90 valence electrons. The normalized spacial score (nSPS) is 22.9. The van der Waals surface area contributed by atoms with Crippen LogP contribution >= 0.6 is 11.3 Å². The summed E-state index contributed by atoms with van der Waals surface area (Å²) in [5.41, 5.74) is 6.07. The van der Waals surface area contributed by atoms with Crippen LogP contribution in [0.15, 0.2) is 0 Å². The lowest BCUT2D eigenvalue weighted by molar-refractivity contribution is 0.250. The van der Waals surface area contributed by atoms with Gasteiger partial charge in [-0.25, -0.2) is 0 Å². The number of aromatic nitrogens is 4. The Hall–Kier alpha value is -1.01. The highest BCUT2D eigenvalue weighted by Gasteiger charge is 2.41. The fourth-order valence-electron chi connectivity index (χ4n) is 2.55. The molecule has 4 rings (SSSR count). The van der Waals surface area contributed by atoms with Crippen molar-refractivity contribution in [1.82, 2.24) is 19.8 Å². The van der Waals surface area contributed by atoms with E-state index in [-0.39, 0.29) is 5.41 Å². The molecule has 2 aromatic rings. The molecule has 0 atom stereocenters. The minimum Gasteiger partial charge on any atom is -0.329 e. The molecule has 5 nitrogen and oxygen atoms in total. The minimum atomic E-state index is 0.145. The average molecular weight is 249 g/mol. The van der Waals surface area contributed by atoms with E-state index in [4.69, 9.17) is 10.8 Å². The van der Waals surface area contributed by atoms with E-state index < -0.39 is 0 Å². The van der Waals surface area contributed by atoms with Gasteiger partial charge in [0.2, 0.25) is 4.96 Å². The molecule has 0 saturated heterocycles. The Morgan fingerprint density at radius 3 is 2.76 bits per heavy atom. The van der Waals surface area contributed by atoms with Crippen LogP contribution in [0, 0.1) is 0 Å². The molecule has 6 heteroatoms. The molecule has 2 saturated carbocycles. The summed E-state index contributed by atoms with van der Waals surface area (Å²) in [7, 11) is 0. The highest BCUT2D eigenvalue weighted by Crippen LogP contribution is 2.45. The number of nitrogens with zero attached hydrogens (tertiary/aromatic N) is 4. The van der Waals surface area contributed by atoms with E-state index >= 15 is 0 Å². The fraction of sp³-hybridized carbons (Fsp3) is 0.727. The van der Waals surface area contributed by atoms with Crippen LogP contribution in [0.4, 0.5) is 0 Å². The van der Waals surface area contributed by atoms with Gasteiger partial charge in [0.1, 0.15) is 5.01 Å². The predicted octanol–water partition coefficient (Wildman–Crippen LogP) is 1.44. The first kappa shape index (κ1) is 9.96. The third-order valence-electron chi connectivity index (χ3n) is 4.11. The van der Waals surface area contributed by atoms with E-state index in [0.717, 1.165) is 15.8 Å². The Labute approximate surface area is 103 Å². The van der Waals surface area contributed by atoms with Crippen molar-refractivity contribution in [3.8, 4) is 0 Å². The van der Waals surface area contributed by atoms with Crippen LogP contribution in [0.2, 0.25) is 0 Å². The molecule has 0 spiro atoms. The highest BCUT2D eigenvalue weighted by atomic mass is 32.1. The van der Waals surface area contributed by atoms with E-state index in [0.29, 0.717) is 12.5 Å². The van der Waals surface area contributed by atoms with Gasteiger partial charge in [-0.05, 0) is 25.7 Å². The summed E-state index contributed by atoms with van der Waals surface area (Å²) in [6.45, 7) is 0.704. The molecule has 0 radical (unpaired) electrons. The van der Waals surface area contributed by atoms with Gasteiger partial charge in [-0.3, -0.25) is 0 Å². The lowest BCUT2D eigenvalue weighted by Crippen LogP contribution is -2.41. The summed E-state index contributed by atoms with van der Waals surface area (Å²) in [5, 5.41) is 14.4. The maximum Gasteiger partial charge on any atom is 0.234 e. The molecule has 2 aliphatic carbocycles. The summed E-state index contributed by atoms with van der Waals surface area (Å²) in [6.07, 6.45) is 6.08. The molecule has 0 aliphatic heterocycles. The van der Waals surface area contributed by atoms with E-state index in [2.05, 4.69) is 10.2 Å². The third kappa shape index (κ3) is 1.31. The Bertz CT molecular complexity index is 558. The molecule has 0 bridgehead atoms. The molecular formula is C11H15N5S. The first-order valence-corrected chi connectivity index (χ1v) is 7.07. The van der Waals surface area contributed by atoms with Crippen molar-refractivity contribution >= 4 is 16.3 Å². The lowest BCUT2D eigenvalue weighted by atomic mass is 9.69. The maximum atomic E-state index is 5.92. The quantitative estimate of drug-likeness (QED) is 0.893. The van der Waals surface area contributed by atoms with Gasteiger partial charge in [0.15, 0.2) is 5.82 Å². The molecule has 2 heterocycles. The van der Waals surface area contributed by atoms with Crippen molar-refractivity contribution in [3.63, 3.8) is 0 Å². The summed E-state index contributed by atoms with van der Waals surface area (Å²) in [6, 6.07) is 0. The summed E-state index contributed by atoms with van der Waals surface area (Å²) >= 11 is 1.67. The zero-order valence-electron chi connectivity index (χ0n) is 9.59. The van der Waals surface area contributed by atoms with Crippen LogP contribution in [0.1, 0.15) is 48.9 Å². The predicted molar refractivity (Wildman–Crippen MR) is 65.2 cm³/mol. The van der Waals surface area contributed by atoms with E-state index in [1.165, 1.54) is 32.1 Å². The molecule has 2 aliphatic rings. The Kier molecular flexibility index (Phi) is 1.91. The first-order chi connectivity index (χ1) is 8.32. The van der Waals surface area contributed by atoms with Crippen molar-refractivity contribution in [2.75, 3.05) is 6.54 Å². The van der Waals surface area contributed by atoms with Gasteiger partial charge in [-0.15, -0.1) is 10.2 Å². The second kappa shape index (κ2) is 3.26. The molecular weight excluding hydrogens is 234 g/mol. The second-order valence-electron chi connectivity index (χ2n) is 5.27. The average Bonchev–Trinajstić information content (AvgIpc) is 2.89. The van der Waals surface area contributed by atoms with E-state index in [1.807, 2.05) is 4.52 Å². The first-order valence-electron chi connectivity index (χ1n) is 6.25. The van der Waals surface area contributed by atoms with Gasteiger partial charge in [0.05, 0.1) is 0 Å². The molecule has 0 unspecified atom stereocenters. The van der Waals surface area contributed by atoms with Gasteiger partial charge >= 0.3 is 0 Å². The summed E-state index contributed by atoms with van der Waals surface area (Å²) < 4.78 is 1.95. The van der Waals surface area contributed by atoms with Crippen molar-refractivity contribution in [1.29, 1.82) is 0 Å². The Morgan fingerprint density at radius 2 is 2.18 bits per heavy atom. The van der Waals surface area contributed by atoms with Crippen molar-refractivity contribution in [3.05, 3.63) is 10.8 Å². The largest absolute Gasteiger partial charge is 0.329 e. The van der Waals surface area contributed by atoms with Crippen molar-refractivity contribution in [2.24, 2.45) is 5.73 Å². The van der Waals surface area contributed by atoms with Crippen molar-refractivity contribution in [2.45, 2.75) is 43.4 Å². The minimum absolute atomic E-state index is 0.145. The second-order valence-corrected chi connectivity index (χ2v) is 6.23. The maximum absolute atomic E-state index is 5.92. The zero-order valence-corrected chi connectivity index (χ0v) is 10.4. The molecule has 0 amide bonds. The number of rotatable bonds is 3. The van der Waals surface area contributed by atoms with Crippen LogP contribution in [0.3, 0.4) is 0 Å². The van der Waals surface area contributed by atoms with Gasteiger partial charge in [0, 0.05) is 17.9 Å². The summed E-state index contributed by atoms with van der Waals surface area (Å²) in [5.74, 6) is 1.64. The van der Waals surface area contributed by atoms with Crippen LogP contribution in [0.25, 0.3) is 4.96 Å². The fourth-order valence-corrected chi connectivity index (χ4v) is 3.65. The van der Waals surface area contributed by atoms with E-state index in [9.17, 15) is 0 Å². The zero-order chi connectivity index (χ0) is 11.5. The number of hydrogen-bond acceptors (Lipinski definition) is 5. The Balaban J connectivity index is 1.81. The van der Waals surface area contributed by atoms with Gasteiger partial charge in [-0.1, -0.05) is 17.8 Å². The topological polar surface area (TPSA) is 69.1 Å². The Morgan fingerprint density at radius 1 is 1.35 bits per heavy atom. The van der Waals surface area contributed by atoms with Crippen LogP contribution in [-0.4, -0.2) is 26.4 Å². The van der Waals surface area contributed by atoms with Crippen molar-refractivity contribution < 1.29 is 0 Å². The molecule has 0 aromatic carbocycles. The molecule has 2 N–H and O–H groups in total. The molecule has 2 aromatic heterocycles. The lowest BCUT2D eigenvalue weighted by Gasteiger charge is -2.38. The molecule has 17 heavy (non-hydrogen) atoms. The van der Waals surface area contributed by atoms with Gasteiger partial charge in [0.25, 0.3) is 0 Å². The smallest absolute Gasteiger partial charge is 0.234 e. The van der Waals surface area contributed by atoms with E-state index in [1.54, 1.807) is 11.3 Å². The third-order valence-corrected chi connectivity index (χ3v) is 5.26. The van der Waals surface area contributed by atoms with Crippen LogP contribution in [0.5, 0.6) is 0 Å². The standard InChI is InChI=1S/C11H15N5S/c12-6-11(4-1-5-11)9-15-16-8(7-2-3-7)13-14-10(16)17-9/h7H,1-6,12H2. The monoisotopic (exact) mass is 249 g/mol. The number of hydrogen-bond donors (Lipinski definition) is 1. The molecule has 2 fully saturated rings. The number of fused-ring (bicyclic) bond motifs is 1. The summed E-state index contributed by atoms with van der Waals surface area (Å²) in [4.78, 5) is 0.932. The van der Waals surface area contributed by atoms with Gasteiger partial charge < -0.3 is 5.73 Å².